The summed E-state index contributed by atoms with van der Waals surface area (Å²) < 4.78 is 19.8. The zero-order valence-corrected chi connectivity index (χ0v) is 21.0. The third-order valence-electron chi connectivity index (χ3n) is 7.53. The number of fused-ring (bicyclic) bond motifs is 2. The highest BCUT2D eigenvalue weighted by Crippen LogP contribution is 2.53. The summed E-state index contributed by atoms with van der Waals surface area (Å²) in [6, 6.07) is 11.1. The lowest BCUT2D eigenvalue weighted by Gasteiger charge is -2.35. The topological polar surface area (TPSA) is 90.4 Å². The number of benzene rings is 2. The zero-order chi connectivity index (χ0) is 26.3. The molecule has 3 heterocycles. The molecule has 8 nitrogen and oxygen atoms in total. The molecule has 2 aromatic rings. The van der Waals surface area contributed by atoms with Crippen molar-refractivity contribution < 1.29 is 28.6 Å². The molecule has 37 heavy (non-hydrogen) atoms. The molecule has 194 valence electrons. The number of hydrogen-bond donors (Lipinski definition) is 1. The number of likely N-dealkylation sites (tertiary alicyclic amines) is 1. The first kappa shape index (κ1) is 25.1. The Morgan fingerprint density at radius 3 is 2.51 bits per heavy atom. The van der Waals surface area contributed by atoms with E-state index in [4.69, 9.17) is 4.74 Å². The van der Waals surface area contributed by atoms with Gasteiger partial charge in [-0.2, -0.15) is 0 Å². The van der Waals surface area contributed by atoms with Gasteiger partial charge in [-0.15, -0.1) is 0 Å². The molecule has 3 aliphatic heterocycles. The molecule has 2 saturated heterocycles. The summed E-state index contributed by atoms with van der Waals surface area (Å²) in [6.45, 7) is 7.33. The van der Waals surface area contributed by atoms with Crippen molar-refractivity contribution >= 4 is 29.0 Å². The number of para-hydroxylation sites is 1. The number of carbonyl (C=O) groups excluding carboxylic acids is 3. The second-order valence-corrected chi connectivity index (χ2v) is 9.56. The van der Waals surface area contributed by atoms with E-state index in [-0.39, 0.29) is 17.7 Å². The number of anilines is 1. The minimum absolute atomic E-state index is 0.0361. The standard InChI is InChI=1S/C28H30FN3O5/c1-3-31-22-8-5-4-7-20(22)28(27(31)36)23(24(33)19-10-9-18(2)21(29)17-19)25(34)26(35)32(28)12-6-11-30-13-15-37-16-14-30/h4-5,7-10,17,33H,3,6,11-16H2,1-2H3/t28-/m0/s1. The van der Waals surface area contributed by atoms with Crippen LogP contribution in [0.15, 0.2) is 48.0 Å². The molecule has 1 atom stereocenters. The van der Waals surface area contributed by atoms with Crippen LogP contribution < -0.4 is 4.90 Å². The number of nitrogens with zero attached hydrogens (tertiary/aromatic N) is 3. The van der Waals surface area contributed by atoms with Gasteiger partial charge in [-0.05, 0) is 38.0 Å². The summed E-state index contributed by atoms with van der Waals surface area (Å²) in [5.74, 6) is -3.40. The van der Waals surface area contributed by atoms with Gasteiger partial charge < -0.3 is 19.6 Å². The Morgan fingerprint density at radius 1 is 1.08 bits per heavy atom. The van der Waals surface area contributed by atoms with E-state index >= 15 is 0 Å². The van der Waals surface area contributed by atoms with Crippen molar-refractivity contribution in [3.63, 3.8) is 0 Å². The van der Waals surface area contributed by atoms with Crippen molar-refractivity contribution in [1.29, 1.82) is 0 Å². The number of ketones is 1. The first-order valence-corrected chi connectivity index (χ1v) is 12.6. The summed E-state index contributed by atoms with van der Waals surface area (Å²) in [6.07, 6.45) is 0.523. The average molecular weight is 508 g/mol. The molecule has 5 rings (SSSR count). The number of aliphatic hydroxyl groups is 1. The third-order valence-corrected chi connectivity index (χ3v) is 7.53. The molecule has 2 amide bonds. The highest BCUT2D eigenvalue weighted by Gasteiger charge is 2.66. The predicted molar refractivity (Wildman–Crippen MR) is 135 cm³/mol. The predicted octanol–water partition coefficient (Wildman–Crippen LogP) is 2.80. The van der Waals surface area contributed by atoms with Gasteiger partial charge in [0.25, 0.3) is 17.6 Å². The number of aryl methyl sites for hydroxylation is 1. The number of aliphatic hydroxyl groups excluding tert-OH is 1. The molecular weight excluding hydrogens is 477 g/mol. The summed E-state index contributed by atoms with van der Waals surface area (Å²) >= 11 is 0. The largest absolute Gasteiger partial charge is 0.507 e. The third kappa shape index (κ3) is 3.84. The Morgan fingerprint density at radius 2 is 1.81 bits per heavy atom. The van der Waals surface area contributed by atoms with E-state index in [1.807, 2.05) is 6.92 Å². The molecule has 1 N–H and O–H groups in total. The molecule has 0 unspecified atom stereocenters. The van der Waals surface area contributed by atoms with E-state index < -0.39 is 34.7 Å². The second-order valence-electron chi connectivity index (χ2n) is 9.56. The van der Waals surface area contributed by atoms with Gasteiger partial charge >= 0.3 is 0 Å². The van der Waals surface area contributed by atoms with Crippen molar-refractivity contribution in [3.05, 3.63) is 70.5 Å². The van der Waals surface area contributed by atoms with Gasteiger partial charge in [-0.1, -0.05) is 30.3 Å². The fourth-order valence-corrected chi connectivity index (χ4v) is 5.64. The Balaban J connectivity index is 1.66. The molecular formula is C28H30FN3O5. The SMILES string of the molecule is CCN1C(=O)[C@@]2(C(=C(O)c3ccc(C)c(F)c3)C(=O)C(=O)N2CCCN2CCOCC2)c2ccccc21. The van der Waals surface area contributed by atoms with E-state index in [0.717, 1.165) is 19.2 Å². The van der Waals surface area contributed by atoms with E-state index in [2.05, 4.69) is 4.90 Å². The number of likely N-dealkylation sites (N-methyl/N-ethyl adjacent to an activating group) is 1. The smallest absolute Gasteiger partial charge is 0.296 e. The molecule has 0 aliphatic carbocycles. The van der Waals surface area contributed by atoms with Crippen LogP contribution in [0.25, 0.3) is 5.76 Å². The van der Waals surface area contributed by atoms with Gasteiger partial charge in [-0.25, -0.2) is 4.39 Å². The number of carbonyl (C=O) groups is 3. The van der Waals surface area contributed by atoms with Crippen molar-refractivity contribution in [1.82, 2.24) is 9.80 Å². The number of morpholine rings is 1. The van der Waals surface area contributed by atoms with Gasteiger partial charge in [0.15, 0.2) is 5.54 Å². The van der Waals surface area contributed by atoms with Gasteiger partial charge in [0.2, 0.25) is 0 Å². The lowest BCUT2D eigenvalue weighted by molar-refractivity contribution is -0.143. The number of Topliss-reactive ketones (excluding diaryl/α,β-unsaturated/α-hetero) is 1. The molecule has 2 fully saturated rings. The molecule has 9 heteroatoms. The first-order valence-electron chi connectivity index (χ1n) is 12.6. The highest BCUT2D eigenvalue weighted by atomic mass is 19.1. The number of hydrogen-bond acceptors (Lipinski definition) is 6. The van der Waals surface area contributed by atoms with Gasteiger partial charge in [-0.3, -0.25) is 19.3 Å². The van der Waals surface area contributed by atoms with Gasteiger partial charge in [0.05, 0.1) is 24.5 Å². The van der Waals surface area contributed by atoms with Crippen LogP contribution >= 0.6 is 0 Å². The van der Waals surface area contributed by atoms with E-state index in [0.29, 0.717) is 49.5 Å². The highest BCUT2D eigenvalue weighted by molar-refractivity contribution is 6.50. The Hall–Kier alpha value is -3.56. The second kappa shape index (κ2) is 9.72. The van der Waals surface area contributed by atoms with E-state index in [9.17, 15) is 23.9 Å². The van der Waals surface area contributed by atoms with Crippen LogP contribution in [0, 0.1) is 12.7 Å². The fraction of sp³-hybridized carbons (Fsp3) is 0.393. The maximum absolute atomic E-state index is 14.4. The van der Waals surface area contributed by atoms with Crippen molar-refractivity contribution in [2.45, 2.75) is 25.8 Å². The summed E-state index contributed by atoms with van der Waals surface area (Å²) in [5.41, 5.74) is -0.696. The normalized spacial score (nSPS) is 23.4. The van der Waals surface area contributed by atoms with E-state index in [1.54, 1.807) is 31.2 Å². The fourth-order valence-electron chi connectivity index (χ4n) is 5.64. The van der Waals surface area contributed by atoms with E-state index in [1.165, 1.54) is 21.9 Å². The van der Waals surface area contributed by atoms with Gasteiger partial charge in [0, 0.05) is 43.9 Å². The summed E-state index contributed by atoms with van der Waals surface area (Å²) in [7, 11) is 0. The van der Waals surface area contributed by atoms with Crippen molar-refractivity contribution in [3.8, 4) is 0 Å². The Kier molecular flexibility index (Phi) is 6.59. The summed E-state index contributed by atoms with van der Waals surface area (Å²) in [5, 5.41) is 11.4. The van der Waals surface area contributed by atoms with Crippen LogP contribution in [-0.4, -0.2) is 78.4 Å². The van der Waals surface area contributed by atoms with Crippen molar-refractivity contribution in [2.75, 3.05) is 50.8 Å². The summed E-state index contributed by atoms with van der Waals surface area (Å²) in [4.78, 5) is 46.3. The molecule has 0 bridgehead atoms. The number of rotatable bonds is 6. The molecule has 0 saturated carbocycles. The van der Waals surface area contributed by atoms with Crippen LogP contribution in [0.4, 0.5) is 10.1 Å². The maximum atomic E-state index is 14.4. The lowest BCUT2D eigenvalue weighted by Crippen LogP contribution is -2.52. The molecule has 3 aliphatic rings. The molecule has 0 aromatic heterocycles. The zero-order valence-electron chi connectivity index (χ0n) is 21.0. The molecule has 2 aromatic carbocycles. The monoisotopic (exact) mass is 507 g/mol. The number of ether oxygens (including phenoxy) is 1. The van der Waals surface area contributed by atoms with Crippen LogP contribution in [0.2, 0.25) is 0 Å². The lowest BCUT2D eigenvalue weighted by atomic mass is 9.81. The maximum Gasteiger partial charge on any atom is 0.296 e. The minimum Gasteiger partial charge on any atom is -0.507 e. The first-order chi connectivity index (χ1) is 17.8. The number of amides is 2. The number of halogens is 1. The Bertz CT molecular complexity index is 1300. The van der Waals surface area contributed by atoms with Crippen LogP contribution in [-0.2, 0) is 24.7 Å². The van der Waals surface area contributed by atoms with Crippen molar-refractivity contribution in [2.24, 2.45) is 0 Å². The van der Waals surface area contributed by atoms with Crippen LogP contribution in [0.3, 0.4) is 0 Å². The van der Waals surface area contributed by atoms with Gasteiger partial charge in [0.1, 0.15) is 11.6 Å². The van der Waals surface area contributed by atoms with Crippen LogP contribution in [0.5, 0.6) is 0 Å². The molecule has 0 radical (unpaired) electrons. The van der Waals surface area contributed by atoms with Crippen LogP contribution in [0.1, 0.15) is 30.0 Å². The quantitative estimate of drug-likeness (QED) is 0.368. The Labute approximate surface area is 214 Å². The average Bonchev–Trinajstić information content (AvgIpc) is 3.28. The molecule has 1 spiro atoms. The minimum atomic E-state index is -1.82.